The summed E-state index contributed by atoms with van der Waals surface area (Å²) in [5.74, 6) is -1.12. The van der Waals surface area contributed by atoms with Crippen molar-refractivity contribution in [2.75, 3.05) is 5.32 Å². The zero-order valence-electron chi connectivity index (χ0n) is 15.1. The second kappa shape index (κ2) is 8.73. The van der Waals surface area contributed by atoms with E-state index < -0.39 is 5.91 Å². The van der Waals surface area contributed by atoms with E-state index in [1.54, 1.807) is 48.5 Å². The van der Waals surface area contributed by atoms with Gasteiger partial charge in [-0.2, -0.15) is 5.10 Å². The quantitative estimate of drug-likeness (QED) is 0.519. The van der Waals surface area contributed by atoms with Crippen molar-refractivity contribution >= 4 is 23.7 Å². The molecule has 2 N–H and O–H groups in total. The van der Waals surface area contributed by atoms with E-state index in [1.165, 1.54) is 18.3 Å². The molecular weight excluding hydrogens is 357 g/mol. The van der Waals surface area contributed by atoms with Crippen molar-refractivity contribution in [1.82, 2.24) is 5.43 Å². The third-order valence-electron chi connectivity index (χ3n) is 4.06. The van der Waals surface area contributed by atoms with Gasteiger partial charge in [0.05, 0.1) is 17.5 Å². The number of hydrogen-bond acceptors (Lipinski definition) is 3. The molecule has 0 unspecified atom stereocenters. The lowest BCUT2D eigenvalue weighted by molar-refractivity contribution is 0.0956. The van der Waals surface area contributed by atoms with E-state index in [1.807, 2.05) is 19.1 Å². The second-order valence-corrected chi connectivity index (χ2v) is 6.07. The maximum atomic E-state index is 12.9. The number of carbonyl (C=O) groups is 2. The molecule has 140 valence electrons. The molecule has 2 amide bonds. The van der Waals surface area contributed by atoms with Gasteiger partial charge >= 0.3 is 0 Å². The summed E-state index contributed by atoms with van der Waals surface area (Å²) in [6.45, 7) is 1.84. The van der Waals surface area contributed by atoms with Crippen LogP contribution in [-0.2, 0) is 0 Å². The number of aryl methyl sites for hydroxylation is 1. The van der Waals surface area contributed by atoms with Crippen LogP contribution < -0.4 is 10.7 Å². The van der Waals surface area contributed by atoms with Gasteiger partial charge in [-0.1, -0.05) is 42.5 Å². The topological polar surface area (TPSA) is 70.6 Å². The highest BCUT2D eigenvalue weighted by Crippen LogP contribution is 2.17. The van der Waals surface area contributed by atoms with E-state index in [-0.39, 0.29) is 17.3 Å². The fourth-order valence-corrected chi connectivity index (χ4v) is 2.58. The zero-order valence-corrected chi connectivity index (χ0v) is 15.1. The Morgan fingerprint density at radius 3 is 2.21 bits per heavy atom. The van der Waals surface area contributed by atoms with Gasteiger partial charge in [0.1, 0.15) is 5.82 Å². The van der Waals surface area contributed by atoms with Crippen molar-refractivity contribution in [2.24, 2.45) is 5.10 Å². The van der Waals surface area contributed by atoms with E-state index in [2.05, 4.69) is 15.8 Å². The molecule has 5 nitrogen and oxygen atoms in total. The molecule has 3 aromatic carbocycles. The summed E-state index contributed by atoms with van der Waals surface area (Å²) in [7, 11) is 0. The van der Waals surface area contributed by atoms with Gasteiger partial charge in [-0.15, -0.1) is 0 Å². The van der Waals surface area contributed by atoms with Crippen LogP contribution in [-0.4, -0.2) is 18.0 Å². The predicted molar refractivity (Wildman–Crippen MR) is 107 cm³/mol. The van der Waals surface area contributed by atoms with Crippen molar-refractivity contribution < 1.29 is 14.0 Å². The SMILES string of the molecule is Cc1ccccc1C(=O)Nc1ccccc1C(=O)N/N=C/c1ccc(F)cc1. The molecule has 6 heteroatoms. The van der Waals surface area contributed by atoms with Crippen LogP contribution in [0.4, 0.5) is 10.1 Å². The number of halogens is 1. The predicted octanol–water partition coefficient (Wildman–Crippen LogP) is 4.15. The summed E-state index contributed by atoms with van der Waals surface area (Å²) in [6.07, 6.45) is 1.41. The summed E-state index contributed by atoms with van der Waals surface area (Å²) < 4.78 is 12.9. The van der Waals surface area contributed by atoms with Crippen molar-refractivity contribution in [2.45, 2.75) is 6.92 Å². The number of anilines is 1. The van der Waals surface area contributed by atoms with Gasteiger partial charge in [0.25, 0.3) is 11.8 Å². The third-order valence-corrected chi connectivity index (χ3v) is 4.06. The highest BCUT2D eigenvalue weighted by atomic mass is 19.1. The Bertz CT molecular complexity index is 1030. The Balaban J connectivity index is 1.72. The van der Waals surface area contributed by atoms with Gasteiger partial charge in [-0.3, -0.25) is 9.59 Å². The van der Waals surface area contributed by atoms with E-state index >= 15 is 0 Å². The number of amides is 2. The monoisotopic (exact) mass is 375 g/mol. The summed E-state index contributed by atoms with van der Waals surface area (Å²) in [4.78, 5) is 25.0. The summed E-state index contributed by atoms with van der Waals surface area (Å²) >= 11 is 0. The number of nitrogens with zero attached hydrogens (tertiary/aromatic N) is 1. The van der Waals surface area contributed by atoms with Crippen molar-refractivity contribution in [3.8, 4) is 0 Å². The largest absolute Gasteiger partial charge is 0.321 e. The fourth-order valence-electron chi connectivity index (χ4n) is 2.58. The average Bonchev–Trinajstić information content (AvgIpc) is 2.70. The van der Waals surface area contributed by atoms with Crippen LogP contribution in [0, 0.1) is 12.7 Å². The molecule has 3 aromatic rings. The molecular formula is C22H18FN3O2. The smallest absolute Gasteiger partial charge is 0.273 e. The zero-order chi connectivity index (χ0) is 19.9. The first-order chi connectivity index (χ1) is 13.5. The summed E-state index contributed by atoms with van der Waals surface area (Å²) in [6, 6.07) is 19.6. The highest BCUT2D eigenvalue weighted by molar-refractivity contribution is 6.09. The van der Waals surface area contributed by atoms with Crippen LogP contribution in [0.2, 0.25) is 0 Å². The lowest BCUT2D eigenvalue weighted by Crippen LogP contribution is -2.21. The Kier molecular flexibility index (Phi) is 5.91. The molecule has 0 saturated heterocycles. The van der Waals surface area contributed by atoms with Gasteiger partial charge in [0.15, 0.2) is 0 Å². The number of benzene rings is 3. The molecule has 0 aromatic heterocycles. The molecule has 0 aliphatic rings. The Morgan fingerprint density at radius 1 is 0.857 bits per heavy atom. The molecule has 0 saturated carbocycles. The summed E-state index contributed by atoms with van der Waals surface area (Å²) in [5.41, 5.74) is 5.09. The maximum absolute atomic E-state index is 12.9. The molecule has 0 radical (unpaired) electrons. The van der Waals surface area contributed by atoms with Crippen LogP contribution in [0.15, 0.2) is 77.9 Å². The van der Waals surface area contributed by atoms with Gasteiger partial charge in [-0.05, 0) is 48.4 Å². The standard InChI is InChI=1S/C22H18FN3O2/c1-15-6-2-3-7-18(15)21(27)25-20-9-5-4-8-19(20)22(28)26-24-14-16-10-12-17(23)13-11-16/h2-14H,1H3,(H,25,27)(H,26,28)/b24-14+. The number of hydrazone groups is 1. The summed E-state index contributed by atoms with van der Waals surface area (Å²) in [5, 5.41) is 6.65. The first-order valence-corrected chi connectivity index (χ1v) is 8.59. The lowest BCUT2D eigenvalue weighted by Gasteiger charge is -2.11. The Labute approximate surface area is 161 Å². The van der Waals surface area contributed by atoms with Crippen molar-refractivity contribution in [3.63, 3.8) is 0 Å². The fraction of sp³-hybridized carbons (Fsp3) is 0.0455. The van der Waals surface area contributed by atoms with Crippen LogP contribution >= 0.6 is 0 Å². The molecule has 0 spiro atoms. The van der Waals surface area contributed by atoms with E-state index in [0.29, 0.717) is 16.8 Å². The van der Waals surface area contributed by atoms with Gasteiger partial charge in [0.2, 0.25) is 0 Å². The molecule has 28 heavy (non-hydrogen) atoms. The molecule has 0 aliphatic carbocycles. The third kappa shape index (κ3) is 4.67. The second-order valence-electron chi connectivity index (χ2n) is 6.07. The minimum absolute atomic E-state index is 0.278. The van der Waals surface area contributed by atoms with E-state index in [9.17, 15) is 14.0 Å². The number of nitrogens with one attached hydrogen (secondary N) is 2. The Hall–Kier alpha value is -3.80. The lowest BCUT2D eigenvalue weighted by atomic mass is 10.1. The first kappa shape index (κ1) is 19.0. The molecule has 0 atom stereocenters. The van der Waals surface area contributed by atoms with Crippen molar-refractivity contribution in [3.05, 3.63) is 101 Å². The maximum Gasteiger partial charge on any atom is 0.273 e. The van der Waals surface area contributed by atoms with Gasteiger partial charge in [-0.25, -0.2) is 9.82 Å². The van der Waals surface area contributed by atoms with Crippen LogP contribution in [0.1, 0.15) is 31.8 Å². The number of carbonyl (C=O) groups excluding carboxylic acids is 2. The van der Waals surface area contributed by atoms with Gasteiger partial charge in [0, 0.05) is 5.56 Å². The minimum atomic E-state index is -0.473. The normalized spacial score (nSPS) is 10.6. The molecule has 3 rings (SSSR count). The minimum Gasteiger partial charge on any atom is -0.321 e. The number of para-hydroxylation sites is 1. The molecule has 0 bridgehead atoms. The van der Waals surface area contributed by atoms with Gasteiger partial charge < -0.3 is 5.32 Å². The molecule has 0 fully saturated rings. The first-order valence-electron chi connectivity index (χ1n) is 8.59. The van der Waals surface area contributed by atoms with Crippen LogP contribution in [0.5, 0.6) is 0 Å². The van der Waals surface area contributed by atoms with E-state index in [4.69, 9.17) is 0 Å². The van der Waals surface area contributed by atoms with Crippen LogP contribution in [0.25, 0.3) is 0 Å². The number of hydrogen-bond donors (Lipinski definition) is 2. The Morgan fingerprint density at radius 2 is 1.50 bits per heavy atom. The van der Waals surface area contributed by atoms with Crippen LogP contribution in [0.3, 0.4) is 0 Å². The molecule has 0 heterocycles. The van der Waals surface area contributed by atoms with E-state index in [0.717, 1.165) is 5.56 Å². The number of rotatable bonds is 5. The van der Waals surface area contributed by atoms with Crippen molar-refractivity contribution in [1.29, 1.82) is 0 Å². The average molecular weight is 375 g/mol. The molecule has 0 aliphatic heterocycles. The highest BCUT2D eigenvalue weighted by Gasteiger charge is 2.14.